The van der Waals surface area contributed by atoms with Crippen molar-refractivity contribution in [2.75, 3.05) is 4.90 Å². The molecule has 0 aliphatic rings. The molecule has 9 rings (SSSR count). The van der Waals surface area contributed by atoms with Gasteiger partial charge < -0.3 is 9.47 Å². The van der Waals surface area contributed by atoms with Crippen LogP contribution in [-0.2, 0) is 0 Å². The quantitative estimate of drug-likeness (QED) is 0.181. The van der Waals surface area contributed by atoms with Gasteiger partial charge in [0, 0.05) is 38.9 Å². The molecule has 0 bridgehead atoms. The van der Waals surface area contributed by atoms with Gasteiger partial charge in [0.1, 0.15) is 0 Å². The maximum Gasteiger partial charge on any atom is 0.0619 e. The summed E-state index contributed by atoms with van der Waals surface area (Å²) in [5.41, 5.74) is 11.7. The summed E-state index contributed by atoms with van der Waals surface area (Å²) in [4.78, 5) is 2.38. The summed E-state index contributed by atoms with van der Waals surface area (Å²) in [6.07, 6.45) is 0. The summed E-state index contributed by atoms with van der Waals surface area (Å²) in [6.45, 7) is 0. The van der Waals surface area contributed by atoms with Crippen molar-refractivity contribution in [2.24, 2.45) is 0 Å². The third-order valence-electron chi connectivity index (χ3n) is 9.35. The fourth-order valence-corrected chi connectivity index (χ4v) is 7.09. The van der Waals surface area contributed by atoms with Gasteiger partial charge in [-0.2, -0.15) is 0 Å². The Morgan fingerprint density at radius 3 is 1.65 bits per heavy atom. The van der Waals surface area contributed by atoms with E-state index in [2.05, 4.69) is 204 Å². The zero-order valence-electron chi connectivity index (χ0n) is 26.4. The largest absolute Gasteiger partial charge is 0.310 e. The van der Waals surface area contributed by atoms with Gasteiger partial charge in [-0.25, -0.2) is 0 Å². The molecule has 0 atom stereocenters. The fourth-order valence-electron chi connectivity index (χ4n) is 7.09. The van der Waals surface area contributed by atoms with Crippen molar-refractivity contribution in [3.05, 3.63) is 194 Å². The van der Waals surface area contributed by atoms with Gasteiger partial charge >= 0.3 is 0 Å². The van der Waals surface area contributed by atoms with Crippen LogP contribution >= 0.6 is 0 Å². The number of hydrogen-bond donors (Lipinski definition) is 0. The lowest BCUT2D eigenvalue weighted by molar-refractivity contribution is 1.18. The smallest absolute Gasteiger partial charge is 0.0619 e. The van der Waals surface area contributed by atoms with E-state index in [1.807, 2.05) is 0 Å². The molecule has 0 spiro atoms. The zero-order chi connectivity index (χ0) is 31.9. The van der Waals surface area contributed by atoms with Crippen LogP contribution in [0.4, 0.5) is 17.1 Å². The molecular weight excluding hydrogens is 581 g/mol. The third kappa shape index (κ3) is 4.83. The lowest BCUT2D eigenvalue weighted by Crippen LogP contribution is -2.10. The van der Waals surface area contributed by atoms with Crippen molar-refractivity contribution in [3.8, 4) is 27.9 Å². The Balaban J connectivity index is 1.29. The predicted molar refractivity (Wildman–Crippen MR) is 204 cm³/mol. The number of fused-ring (bicyclic) bond motifs is 5. The molecule has 1 aromatic heterocycles. The topological polar surface area (TPSA) is 8.17 Å². The number of para-hydroxylation sites is 1. The van der Waals surface area contributed by atoms with Crippen LogP contribution in [0.3, 0.4) is 0 Å². The van der Waals surface area contributed by atoms with Gasteiger partial charge in [-0.3, -0.25) is 0 Å². The molecule has 8 aromatic carbocycles. The maximum absolute atomic E-state index is 2.44. The number of rotatable bonds is 6. The third-order valence-corrected chi connectivity index (χ3v) is 9.35. The van der Waals surface area contributed by atoms with Crippen LogP contribution in [0.2, 0.25) is 0 Å². The van der Waals surface area contributed by atoms with E-state index in [4.69, 9.17) is 0 Å². The van der Waals surface area contributed by atoms with Crippen molar-refractivity contribution in [1.82, 2.24) is 4.57 Å². The molecule has 0 aliphatic carbocycles. The van der Waals surface area contributed by atoms with Crippen LogP contribution in [0.15, 0.2) is 194 Å². The first kappa shape index (κ1) is 27.9. The second-order valence-corrected chi connectivity index (χ2v) is 12.2. The van der Waals surface area contributed by atoms with E-state index in [1.54, 1.807) is 0 Å². The standard InChI is InChI=1S/C46H32N2/c1-4-13-33(14-5-1)35-23-26-39(27-24-35)47(40-21-12-18-37(31-40)34-15-6-2-7-16-34)41-28-30-43-44-29-25-36-17-10-11-22-42(36)46(44)48(45(43)32-41)38-19-8-3-9-20-38/h1-32H. The van der Waals surface area contributed by atoms with Crippen LogP contribution in [0.5, 0.6) is 0 Å². The molecule has 1 heterocycles. The minimum absolute atomic E-state index is 1.10. The number of anilines is 3. The highest BCUT2D eigenvalue weighted by atomic mass is 15.1. The maximum atomic E-state index is 2.44. The first-order valence-corrected chi connectivity index (χ1v) is 16.4. The average molecular weight is 613 g/mol. The van der Waals surface area contributed by atoms with E-state index in [9.17, 15) is 0 Å². The molecule has 0 saturated carbocycles. The summed E-state index contributed by atoms with van der Waals surface area (Å²) < 4.78 is 2.44. The number of nitrogens with zero attached hydrogens (tertiary/aromatic N) is 2. The van der Waals surface area contributed by atoms with Gasteiger partial charge in [0.25, 0.3) is 0 Å². The first-order valence-electron chi connectivity index (χ1n) is 16.4. The predicted octanol–water partition coefficient (Wildman–Crippen LogP) is 12.7. The molecule has 0 saturated heterocycles. The first-order chi connectivity index (χ1) is 23.8. The molecule has 9 aromatic rings. The summed E-state index contributed by atoms with van der Waals surface area (Å²) in [5, 5.41) is 4.98. The highest BCUT2D eigenvalue weighted by molar-refractivity contribution is 6.19. The van der Waals surface area contributed by atoms with E-state index in [-0.39, 0.29) is 0 Å². The highest BCUT2D eigenvalue weighted by Crippen LogP contribution is 2.42. The van der Waals surface area contributed by atoms with Gasteiger partial charge in [0.15, 0.2) is 0 Å². The monoisotopic (exact) mass is 612 g/mol. The Labute approximate surface area is 280 Å². The van der Waals surface area contributed by atoms with Crippen molar-refractivity contribution in [3.63, 3.8) is 0 Å². The molecule has 2 heteroatoms. The molecule has 48 heavy (non-hydrogen) atoms. The molecule has 226 valence electrons. The molecular formula is C46H32N2. The van der Waals surface area contributed by atoms with Crippen LogP contribution in [0.1, 0.15) is 0 Å². The zero-order valence-corrected chi connectivity index (χ0v) is 26.4. The number of benzene rings is 8. The summed E-state index contributed by atoms with van der Waals surface area (Å²) >= 11 is 0. The lowest BCUT2D eigenvalue weighted by Gasteiger charge is -2.26. The molecule has 2 nitrogen and oxygen atoms in total. The summed E-state index contributed by atoms with van der Waals surface area (Å²) in [7, 11) is 0. The fraction of sp³-hybridized carbons (Fsp3) is 0. The van der Waals surface area contributed by atoms with Crippen molar-refractivity contribution in [2.45, 2.75) is 0 Å². The van der Waals surface area contributed by atoms with Crippen LogP contribution in [-0.4, -0.2) is 4.57 Å². The second kappa shape index (κ2) is 11.8. The van der Waals surface area contributed by atoms with Gasteiger partial charge in [-0.05, 0) is 76.2 Å². The van der Waals surface area contributed by atoms with E-state index in [0.717, 1.165) is 22.7 Å². The lowest BCUT2D eigenvalue weighted by atomic mass is 10.0. The Hall–Kier alpha value is -6.38. The Morgan fingerprint density at radius 1 is 0.333 bits per heavy atom. The van der Waals surface area contributed by atoms with E-state index >= 15 is 0 Å². The number of hydrogen-bond acceptors (Lipinski definition) is 1. The van der Waals surface area contributed by atoms with Crippen molar-refractivity contribution in [1.29, 1.82) is 0 Å². The Morgan fingerprint density at radius 2 is 0.896 bits per heavy atom. The molecule has 0 amide bonds. The molecule has 0 unspecified atom stereocenters. The van der Waals surface area contributed by atoms with Crippen LogP contribution < -0.4 is 4.90 Å². The van der Waals surface area contributed by atoms with Gasteiger partial charge in [0.05, 0.1) is 11.0 Å². The van der Waals surface area contributed by atoms with E-state index < -0.39 is 0 Å². The average Bonchev–Trinajstić information content (AvgIpc) is 3.51. The SMILES string of the molecule is c1ccc(-c2ccc(N(c3cccc(-c4ccccc4)c3)c3ccc4c5ccc6ccccc6c5n(-c5ccccc5)c4c3)cc2)cc1. The normalized spacial score (nSPS) is 11.3. The molecule has 0 radical (unpaired) electrons. The number of aromatic nitrogens is 1. The Kier molecular flexibility index (Phi) is 6.84. The van der Waals surface area contributed by atoms with Crippen LogP contribution in [0.25, 0.3) is 60.5 Å². The van der Waals surface area contributed by atoms with Gasteiger partial charge in [-0.1, -0.05) is 146 Å². The van der Waals surface area contributed by atoms with Crippen molar-refractivity contribution >= 4 is 49.6 Å². The summed E-state index contributed by atoms with van der Waals surface area (Å²) in [6, 6.07) is 69.9. The molecule has 0 N–H and O–H groups in total. The highest BCUT2D eigenvalue weighted by Gasteiger charge is 2.19. The van der Waals surface area contributed by atoms with Gasteiger partial charge in [0.2, 0.25) is 0 Å². The molecule has 0 aliphatic heterocycles. The molecule has 0 fully saturated rings. The van der Waals surface area contributed by atoms with Crippen LogP contribution in [0, 0.1) is 0 Å². The minimum atomic E-state index is 1.10. The van der Waals surface area contributed by atoms with Crippen molar-refractivity contribution < 1.29 is 0 Å². The van der Waals surface area contributed by atoms with E-state index in [1.165, 1.54) is 54.8 Å². The van der Waals surface area contributed by atoms with Gasteiger partial charge in [-0.15, -0.1) is 0 Å². The summed E-state index contributed by atoms with van der Waals surface area (Å²) in [5.74, 6) is 0. The Bertz CT molecular complexity index is 2530. The second-order valence-electron chi connectivity index (χ2n) is 12.2. The minimum Gasteiger partial charge on any atom is -0.310 e. The van der Waals surface area contributed by atoms with E-state index in [0.29, 0.717) is 0 Å².